The van der Waals surface area contributed by atoms with E-state index < -0.39 is 12.1 Å². The number of hydrogen-bond acceptors (Lipinski definition) is 2. The van der Waals surface area contributed by atoms with E-state index >= 15 is 0 Å². The first-order valence-electron chi connectivity index (χ1n) is 7.57. The van der Waals surface area contributed by atoms with Gasteiger partial charge in [-0.25, -0.2) is 4.39 Å². The van der Waals surface area contributed by atoms with Crippen LogP contribution in [0.5, 0.6) is 0 Å². The van der Waals surface area contributed by atoms with Crippen LogP contribution >= 0.6 is 0 Å². The van der Waals surface area contributed by atoms with Gasteiger partial charge in [-0.1, -0.05) is 69.9 Å². The molecule has 0 heterocycles. The van der Waals surface area contributed by atoms with Gasteiger partial charge in [0.05, 0.1) is 6.10 Å². The highest BCUT2D eigenvalue weighted by Crippen LogP contribution is 2.17. The third-order valence-electron chi connectivity index (χ3n) is 3.32. The molecule has 0 N–H and O–H groups in total. The fraction of sp³-hybridized carbons (Fsp3) is 0.588. The molecule has 2 nitrogen and oxygen atoms in total. The molecule has 2 unspecified atom stereocenters. The van der Waals surface area contributed by atoms with Crippen molar-refractivity contribution in [3.63, 3.8) is 0 Å². The molecule has 1 aromatic carbocycles. The number of ether oxygens (including phenoxy) is 1. The summed E-state index contributed by atoms with van der Waals surface area (Å²) in [6.07, 6.45) is 3.81. The largest absolute Gasteiger partial charge is 0.339 e. The highest BCUT2D eigenvalue weighted by Gasteiger charge is 2.23. The molecule has 0 aliphatic heterocycles. The maximum atomic E-state index is 14.0. The summed E-state index contributed by atoms with van der Waals surface area (Å²) in [7, 11) is 0. The van der Waals surface area contributed by atoms with Crippen LogP contribution in [-0.2, 0) is 4.74 Å². The topological polar surface area (TPSA) is 26.3 Å². The van der Waals surface area contributed by atoms with Crippen LogP contribution in [0, 0.1) is 0 Å². The van der Waals surface area contributed by atoms with Crippen LogP contribution in [0.3, 0.4) is 0 Å². The Labute approximate surface area is 121 Å². The van der Waals surface area contributed by atoms with Crippen molar-refractivity contribution in [1.29, 1.82) is 0 Å². The molecule has 0 fully saturated rings. The predicted molar refractivity (Wildman–Crippen MR) is 79.6 cm³/mol. The van der Waals surface area contributed by atoms with Gasteiger partial charge in [0.1, 0.15) is 0 Å². The molecule has 0 bridgehead atoms. The summed E-state index contributed by atoms with van der Waals surface area (Å²) >= 11 is 0. The van der Waals surface area contributed by atoms with Gasteiger partial charge in [-0.3, -0.25) is 4.79 Å². The fourth-order valence-corrected chi connectivity index (χ4v) is 2.19. The maximum absolute atomic E-state index is 14.0. The standard InChI is InChI=1S/C17H25FO2/c1-3-5-7-13-15(10-4-2)20-17(18)16(19)14-11-8-6-9-12-14/h6,8-9,11-12,15,17H,3-5,7,10,13H2,1-2H3. The first-order chi connectivity index (χ1) is 9.69. The molecule has 0 radical (unpaired) electrons. The van der Waals surface area contributed by atoms with Crippen molar-refractivity contribution in [2.24, 2.45) is 0 Å². The van der Waals surface area contributed by atoms with Crippen molar-refractivity contribution in [3.8, 4) is 0 Å². The summed E-state index contributed by atoms with van der Waals surface area (Å²) in [5.41, 5.74) is 0.365. The average Bonchev–Trinajstić information content (AvgIpc) is 2.47. The highest BCUT2D eigenvalue weighted by molar-refractivity contribution is 5.98. The van der Waals surface area contributed by atoms with Crippen LogP contribution in [0.1, 0.15) is 62.7 Å². The van der Waals surface area contributed by atoms with Crippen LogP contribution in [0.4, 0.5) is 4.39 Å². The van der Waals surface area contributed by atoms with E-state index in [-0.39, 0.29) is 6.10 Å². The number of halogens is 1. The third-order valence-corrected chi connectivity index (χ3v) is 3.32. The van der Waals surface area contributed by atoms with Crippen LogP contribution in [0.15, 0.2) is 30.3 Å². The van der Waals surface area contributed by atoms with Crippen molar-refractivity contribution in [3.05, 3.63) is 35.9 Å². The number of ketones is 1. The lowest BCUT2D eigenvalue weighted by molar-refractivity contribution is -0.0696. The average molecular weight is 280 g/mol. The Bertz CT molecular complexity index is 378. The lowest BCUT2D eigenvalue weighted by Gasteiger charge is -2.19. The highest BCUT2D eigenvalue weighted by atomic mass is 19.1. The number of Topliss-reactive ketones (excluding diaryl/α,β-unsaturated/α-hetero) is 1. The Morgan fingerprint density at radius 3 is 2.40 bits per heavy atom. The zero-order valence-electron chi connectivity index (χ0n) is 12.5. The van der Waals surface area contributed by atoms with E-state index in [4.69, 9.17) is 4.74 Å². The second kappa shape index (κ2) is 9.65. The van der Waals surface area contributed by atoms with Crippen molar-refractivity contribution < 1.29 is 13.9 Å². The Kier molecular flexibility index (Phi) is 8.12. The minimum atomic E-state index is -1.85. The summed E-state index contributed by atoms with van der Waals surface area (Å²) < 4.78 is 19.3. The minimum absolute atomic E-state index is 0.158. The van der Waals surface area contributed by atoms with Gasteiger partial charge < -0.3 is 4.74 Å². The van der Waals surface area contributed by atoms with Gasteiger partial charge in [0.2, 0.25) is 5.78 Å². The monoisotopic (exact) mass is 280 g/mol. The first kappa shape index (κ1) is 16.8. The summed E-state index contributed by atoms with van der Waals surface area (Å²) in [6.45, 7) is 4.18. The zero-order valence-corrected chi connectivity index (χ0v) is 12.5. The van der Waals surface area contributed by atoms with Gasteiger partial charge in [-0.05, 0) is 12.8 Å². The molecule has 0 amide bonds. The van der Waals surface area contributed by atoms with Crippen LogP contribution in [-0.4, -0.2) is 18.2 Å². The summed E-state index contributed by atoms with van der Waals surface area (Å²) in [5.74, 6) is -0.581. The van der Waals surface area contributed by atoms with Crippen molar-refractivity contribution in [2.75, 3.05) is 0 Å². The van der Waals surface area contributed by atoms with Crippen molar-refractivity contribution in [2.45, 2.75) is 64.8 Å². The maximum Gasteiger partial charge on any atom is 0.263 e. The Hall–Kier alpha value is -1.22. The molecular formula is C17H25FO2. The number of carbonyl (C=O) groups is 1. The van der Waals surface area contributed by atoms with E-state index in [9.17, 15) is 9.18 Å². The molecular weight excluding hydrogens is 255 g/mol. The molecule has 0 saturated heterocycles. The summed E-state index contributed by atoms with van der Waals surface area (Å²) in [4.78, 5) is 11.9. The van der Waals surface area contributed by atoms with Gasteiger partial charge in [0.25, 0.3) is 6.36 Å². The van der Waals surface area contributed by atoms with Gasteiger partial charge in [-0.15, -0.1) is 0 Å². The van der Waals surface area contributed by atoms with Gasteiger partial charge >= 0.3 is 0 Å². The SMILES string of the molecule is CCCCCC(CCC)OC(F)C(=O)c1ccccc1. The number of alkyl halides is 1. The first-order valence-corrected chi connectivity index (χ1v) is 7.57. The molecule has 20 heavy (non-hydrogen) atoms. The van der Waals surface area contributed by atoms with E-state index in [1.165, 1.54) is 0 Å². The fourth-order valence-electron chi connectivity index (χ4n) is 2.19. The second-order valence-electron chi connectivity index (χ2n) is 5.09. The third kappa shape index (κ3) is 5.83. The lowest BCUT2D eigenvalue weighted by atomic mass is 10.1. The summed E-state index contributed by atoms with van der Waals surface area (Å²) in [5, 5.41) is 0. The van der Waals surface area contributed by atoms with Crippen LogP contribution < -0.4 is 0 Å². The Balaban J connectivity index is 2.52. The quantitative estimate of drug-likeness (QED) is 0.448. The summed E-state index contributed by atoms with van der Waals surface area (Å²) in [6, 6.07) is 8.49. The van der Waals surface area contributed by atoms with E-state index in [0.717, 1.165) is 38.5 Å². The molecule has 1 rings (SSSR count). The predicted octanol–water partition coefficient (Wildman–Crippen LogP) is 4.93. The smallest absolute Gasteiger partial charge is 0.263 e. The second-order valence-corrected chi connectivity index (χ2v) is 5.09. The molecule has 0 saturated carbocycles. The van der Waals surface area contributed by atoms with Gasteiger partial charge in [-0.2, -0.15) is 0 Å². The molecule has 1 aromatic rings. The lowest BCUT2D eigenvalue weighted by Crippen LogP contribution is -2.26. The Morgan fingerprint density at radius 1 is 1.10 bits per heavy atom. The number of rotatable bonds is 10. The van der Waals surface area contributed by atoms with Crippen molar-refractivity contribution >= 4 is 5.78 Å². The molecule has 2 atom stereocenters. The van der Waals surface area contributed by atoms with E-state index in [2.05, 4.69) is 6.92 Å². The normalized spacial score (nSPS) is 13.9. The molecule has 0 aromatic heterocycles. The number of benzene rings is 1. The van der Waals surface area contributed by atoms with E-state index in [1.54, 1.807) is 30.3 Å². The van der Waals surface area contributed by atoms with Crippen LogP contribution in [0.2, 0.25) is 0 Å². The molecule has 0 aliphatic carbocycles. The van der Waals surface area contributed by atoms with Gasteiger partial charge in [0, 0.05) is 5.56 Å². The number of unbranched alkanes of at least 4 members (excludes halogenated alkanes) is 2. The molecule has 3 heteroatoms. The van der Waals surface area contributed by atoms with E-state index in [1.807, 2.05) is 6.92 Å². The number of carbonyl (C=O) groups excluding carboxylic acids is 1. The number of hydrogen-bond donors (Lipinski definition) is 0. The molecule has 0 spiro atoms. The molecule has 112 valence electrons. The van der Waals surface area contributed by atoms with E-state index in [0.29, 0.717) is 5.56 Å². The van der Waals surface area contributed by atoms with Crippen LogP contribution in [0.25, 0.3) is 0 Å². The molecule has 0 aliphatic rings. The Morgan fingerprint density at radius 2 is 1.80 bits per heavy atom. The van der Waals surface area contributed by atoms with Crippen molar-refractivity contribution in [1.82, 2.24) is 0 Å². The zero-order chi connectivity index (χ0) is 14.8. The minimum Gasteiger partial charge on any atom is -0.339 e. The van der Waals surface area contributed by atoms with Gasteiger partial charge in [0.15, 0.2) is 0 Å².